The highest BCUT2D eigenvalue weighted by Gasteiger charge is 2.43. The van der Waals surface area contributed by atoms with Crippen LogP contribution in [0.15, 0.2) is 54.6 Å². The number of amides is 1. The average molecular weight is 359 g/mol. The van der Waals surface area contributed by atoms with Gasteiger partial charge >= 0.3 is 0 Å². The molecule has 2 aliphatic heterocycles. The Hall–Kier alpha value is -2.64. The molecule has 0 unspecified atom stereocenters. The van der Waals surface area contributed by atoms with Crippen LogP contribution in [0.1, 0.15) is 47.2 Å². The van der Waals surface area contributed by atoms with Crippen molar-refractivity contribution in [3.8, 4) is 6.07 Å². The Kier molecular flexibility index (Phi) is 4.96. The van der Waals surface area contributed by atoms with E-state index in [-0.39, 0.29) is 11.4 Å². The maximum atomic E-state index is 12.9. The van der Waals surface area contributed by atoms with Crippen molar-refractivity contribution in [3.63, 3.8) is 0 Å². The Morgan fingerprint density at radius 3 is 2.30 bits per heavy atom. The van der Waals surface area contributed by atoms with Gasteiger partial charge in [-0.2, -0.15) is 5.26 Å². The lowest BCUT2D eigenvalue weighted by Crippen LogP contribution is -2.53. The first-order valence-electron chi connectivity index (χ1n) is 9.83. The van der Waals surface area contributed by atoms with Crippen molar-refractivity contribution >= 4 is 5.91 Å². The minimum absolute atomic E-state index is 0.0372. The SMILES string of the molecule is N#Cc1cccc(C(=O)N2CCC(c3ccccc3)(N3CCCC3)CC2)c1. The molecule has 4 rings (SSSR count). The standard InChI is InChI=1S/C23H25N3O/c24-18-19-7-6-8-20(17-19)22(27)25-15-11-23(12-16-25,26-13-4-5-14-26)21-9-2-1-3-10-21/h1-3,6-10,17H,4-5,11-16H2. The van der Waals surface area contributed by atoms with E-state index in [0.29, 0.717) is 11.1 Å². The summed E-state index contributed by atoms with van der Waals surface area (Å²) in [7, 11) is 0. The Morgan fingerprint density at radius 1 is 0.926 bits per heavy atom. The fraction of sp³-hybridized carbons (Fsp3) is 0.391. The molecule has 2 saturated heterocycles. The largest absolute Gasteiger partial charge is 0.338 e. The minimum atomic E-state index is 0.0372. The van der Waals surface area contributed by atoms with Crippen LogP contribution < -0.4 is 0 Å². The van der Waals surface area contributed by atoms with Crippen molar-refractivity contribution in [1.29, 1.82) is 5.26 Å². The van der Waals surface area contributed by atoms with Gasteiger partial charge in [0.1, 0.15) is 0 Å². The number of nitriles is 1. The van der Waals surface area contributed by atoms with Crippen LogP contribution in [0.2, 0.25) is 0 Å². The van der Waals surface area contributed by atoms with Crippen LogP contribution in [0, 0.1) is 11.3 Å². The zero-order valence-corrected chi connectivity index (χ0v) is 15.6. The second kappa shape index (κ2) is 7.54. The average Bonchev–Trinajstić information content (AvgIpc) is 3.29. The molecule has 138 valence electrons. The van der Waals surface area contributed by atoms with Gasteiger partial charge in [-0.25, -0.2) is 0 Å². The lowest BCUT2D eigenvalue weighted by atomic mass is 9.79. The number of hydrogen-bond acceptors (Lipinski definition) is 3. The fourth-order valence-electron chi connectivity index (χ4n) is 4.67. The van der Waals surface area contributed by atoms with E-state index in [2.05, 4.69) is 41.3 Å². The molecule has 2 aliphatic rings. The van der Waals surface area contributed by atoms with Crippen molar-refractivity contribution in [2.45, 2.75) is 31.2 Å². The number of piperidine rings is 1. The Morgan fingerprint density at radius 2 is 1.63 bits per heavy atom. The van der Waals surface area contributed by atoms with E-state index in [1.165, 1.54) is 18.4 Å². The molecule has 0 radical (unpaired) electrons. The molecule has 0 saturated carbocycles. The summed E-state index contributed by atoms with van der Waals surface area (Å²) in [4.78, 5) is 17.5. The summed E-state index contributed by atoms with van der Waals surface area (Å²) in [6.07, 6.45) is 4.44. The number of carbonyl (C=O) groups excluding carboxylic acids is 1. The third-order valence-corrected chi connectivity index (χ3v) is 6.14. The maximum Gasteiger partial charge on any atom is 0.253 e. The second-order valence-corrected chi connectivity index (χ2v) is 7.58. The molecule has 0 aliphatic carbocycles. The van der Waals surface area contributed by atoms with Crippen molar-refractivity contribution in [1.82, 2.24) is 9.80 Å². The van der Waals surface area contributed by atoms with Crippen molar-refractivity contribution < 1.29 is 4.79 Å². The summed E-state index contributed by atoms with van der Waals surface area (Å²) < 4.78 is 0. The smallest absolute Gasteiger partial charge is 0.253 e. The van der Waals surface area contributed by atoms with Gasteiger partial charge in [-0.1, -0.05) is 36.4 Å². The van der Waals surface area contributed by atoms with Gasteiger partial charge in [0.2, 0.25) is 0 Å². The van der Waals surface area contributed by atoms with Gasteiger partial charge in [0.15, 0.2) is 0 Å². The number of hydrogen-bond donors (Lipinski definition) is 0. The molecule has 2 heterocycles. The lowest BCUT2D eigenvalue weighted by Gasteiger charge is -2.48. The summed E-state index contributed by atoms with van der Waals surface area (Å²) in [5.74, 6) is 0.0372. The molecular weight excluding hydrogens is 334 g/mol. The molecule has 4 heteroatoms. The number of carbonyl (C=O) groups is 1. The van der Waals surface area contributed by atoms with Crippen molar-refractivity contribution in [2.75, 3.05) is 26.2 Å². The third-order valence-electron chi connectivity index (χ3n) is 6.14. The fourth-order valence-corrected chi connectivity index (χ4v) is 4.67. The molecule has 0 bridgehead atoms. The quantitative estimate of drug-likeness (QED) is 0.838. The topological polar surface area (TPSA) is 47.3 Å². The van der Waals surface area contributed by atoms with Crippen LogP contribution in [0.25, 0.3) is 0 Å². The summed E-state index contributed by atoms with van der Waals surface area (Å²) in [5, 5.41) is 9.09. The van der Waals surface area contributed by atoms with E-state index >= 15 is 0 Å². The van der Waals surface area contributed by atoms with E-state index < -0.39 is 0 Å². The number of benzene rings is 2. The molecule has 0 spiro atoms. The van der Waals surface area contributed by atoms with Gasteiger partial charge in [-0.15, -0.1) is 0 Å². The normalized spacial score (nSPS) is 19.6. The van der Waals surface area contributed by atoms with Gasteiger partial charge in [0, 0.05) is 24.2 Å². The predicted octanol–water partition coefficient (Wildman–Crippen LogP) is 3.79. The van der Waals surface area contributed by atoms with Gasteiger partial charge in [-0.05, 0) is 62.5 Å². The number of nitrogens with zero attached hydrogens (tertiary/aromatic N) is 3. The molecule has 0 atom stereocenters. The molecule has 4 nitrogen and oxygen atoms in total. The highest BCUT2D eigenvalue weighted by Crippen LogP contribution is 2.41. The Balaban J connectivity index is 1.55. The maximum absolute atomic E-state index is 12.9. The zero-order valence-electron chi connectivity index (χ0n) is 15.6. The Labute approximate surface area is 161 Å². The summed E-state index contributed by atoms with van der Waals surface area (Å²) >= 11 is 0. The molecular formula is C23H25N3O. The molecule has 1 amide bonds. The lowest BCUT2D eigenvalue weighted by molar-refractivity contribution is 0.0294. The zero-order chi connectivity index (χ0) is 18.7. The highest BCUT2D eigenvalue weighted by molar-refractivity contribution is 5.94. The van der Waals surface area contributed by atoms with E-state index in [1.54, 1.807) is 18.2 Å². The van der Waals surface area contributed by atoms with Gasteiger partial charge < -0.3 is 4.90 Å². The first-order valence-corrected chi connectivity index (χ1v) is 9.83. The molecule has 0 aromatic heterocycles. The van der Waals surface area contributed by atoms with Crippen molar-refractivity contribution in [2.24, 2.45) is 0 Å². The van der Waals surface area contributed by atoms with Crippen LogP contribution in [0.3, 0.4) is 0 Å². The van der Waals surface area contributed by atoms with Crippen LogP contribution in [0.5, 0.6) is 0 Å². The monoisotopic (exact) mass is 359 g/mol. The molecule has 2 fully saturated rings. The summed E-state index contributed by atoms with van der Waals surface area (Å²) in [6.45, 7) is 3.79. The highest BCUT2D eigenvalue weighted by atomic mass is 16.2. The van der Waals surface area contributed by atoms with E-state index in [1.807, 2.05) is 11.0 Å². The first kappa shape index (κ1) is 17.8. The molecule has 0 N–H and O–H groups in total. The molecule has 27 heavy (non-hydrogen) atoms. The molecule has 2 aromatic carbocycles. The predicted molar refractivity (Wildman–Crippen MR) is 105 cm³/mol. The van der Waals surface area contributed by atoms with Crippen molar-refractivity contribution in [3.05, 3.63) is 71.3 Å². The number of likely N-dealkylation sites (tertiary alicyclic amines) is 2. The van der Waals surface area contributed by atoms with Gasteiger partial charge in [-0.3, -0.25) is 9.69 Å². The van der Waals surface area contributed by atoms with E-state index in [9.17, 15) is 4.79 Å². The Bertz CT molecular complexity index is 841. The van der Waals surface area contributed by atoms with Crippen LogP contribution in [-0.2, 0) is 5.54 Å². The second-order valence-electron chi connectivity index (χ2n) is 7.58. The van der Waals surface area contributed by atoms with E-state index in [4.69, 9.17) is 5.26 Å². The summed E-state index contributed by atoms with van der Waals surface area (Å²) in [6, 6.07) is 19.9. The van der Waals surface area contributed by atoms with Crippen LogP contribution >= 0.6 is 0 Å². The van der Waals surface area contributed by atoms with E-state index in [0.717, 1.165) is 39.0 Å². The van der Waals surface area contributed by atoms with Gasteiger partial charge in [0.25, 0.3) is 5.91 Å². The third kappa shape index (κ3) is 3.36. The number of rotatable bonds is 3. The first-order chi connectivity index (χ1) is 13.2. The van der Waals surface area contributed by atoms with Gasteiger partial charge in [0.05, 0.1) is 11.6 Å². The van der Waals surface area contributed by atoms with Crippen LogP contribution in [-0.4, -0.2) is 41.9 Å². The summed E-state index contributed by atoms with van der Waals surface area (Å²) in [5.41, 5.74) is 2.57. The minimum Gasteiger partial charge on any atom is -0.338 e. The molecule has 2 aromatic rings. The van der Waals surface area contributed by atoms with Crippen LogP contribution in [0.4, 0.5) is 0 Å².